The Bertz CT molecular complexity index is 531. The largest absolute Gasteiger partial charge is 0.245 e. The van der Waals surface area contributed by atoms with Gasteiger partial charge in [0.15, 0.2) is 0 Å². The van der Waals surface area contributed by atoms with Crippen molar-refractivity contribution in [3.8, 4) is 6.07 Å². The van der Waals surface area contributed by atoms with E-state index in [-0.39, 0.29) is 0 Å². The summed E-state index contributed by atoms with van der Waals surface area (Å²) >= 11 is 5.01. The van der Waals surface area contributed by atoms with Crippen molar-refractivity contribution < 1.29 is 0 Å². The molecule has 78 valence electrons. The summed E-state index contributed by atoms with van der Waals surface area (Å²) in [5, 5.41) is 8.74. The Hall–Kier alpha value is -1.31. The van der Waals surface area contributed by atoms with Crippen LogP contribution >= 0.6 is 27.7 Å². The SMILES string of the molecule is N#Cc1cc(Sc2ccc(Br)cc2)ccn1. The maximum Gasteiger partial charge on any atom is 0.141 e. The molecule has 0 fully saturated rings. The molecular weight excluding hydrogens is 284 g/mol. The second kappa shape index (κ2) is 5.15. The Morgan fingerprint density at radius 3 is 2.56 bits per heavy atom. The van der Waals surface area contributed by atoms with Gasteiger partial charge in [0.25, 0.3) is 0 Å². The Morgan fingerprint density at radius 1 is 1.12 bits per heavy atom. The lowest BCUT2D eigenvalue weighted by atomic mass is 10.4. The van der Waals surface area contributed by atoms with E-state index in [0.717, 1.165) is 14.3 Å². The van der Waals surface area contributed by atoms with E-state index in [4.69, 9.17) is 5.26 Å². The third kappa shape index (κ3) is 2.84. The van der Waals surface area contributed by atoms with Crippen molar-refractivity contribution >= 4 is 27.7 Å². The Balaban J connectivity index is 2.21. The highest BCUT2D eigenvalue weighted by molar-refractivity contribution is 9.10. The number of halogens is 1. The third-order valence-electron chi connectivity index (χ3n) is 1.90. The quantitative estimate of drug-likeness (QED) is 0.842. The van der Waals surface area contributed by atoms with Gasteiger partial charge in [0, 0.05) is 20.5 Å². The molecule has 0 aliphatic rings. The van der Waals surface area contributed by atoms with Gasteiger partial charge in [0.05, 0.1) is 0 Å². The van der Waals surface area contributed by atoms with Gasteiger partial charge in [-0.05, 0) is 36.4 Å². The van der Waals surface area contributed by atoms with Crippen LogP contribution in [0.5, 0.6) is 0 Å². The maximum atomic E-state index is 8.74. The van der Waals surface area contributed by atoms with E-state index in [2.05, 4.69) is 20.9 Å². The summed E-state index contributed by atoms with van der Waals surface area (Å²) in [5.41, 5.74) is 0.446. The topological polar surface area (TPSA) is 36.7 Å². The van der Waals surface area contributed by atoms with Gasteiger partial charge < -0.3 is 0 Å². The number of hydrogen-bond donors (Lipinski definition) is 0. The molecule has 0 saturated carbocycles. The summed E-state index contributed by atoms with van der Waals surface area (Å²) in [4.78, 5) is 6.09. The summed E-state index contributed by atoms with van der Waals surface area (Å²) in [6, 6.07) is 13.8. The van der Waals surface area contributed by atoms with Gasteiger partial charge in [-0.25, -0.2) is 4.98 Å². The lowest BCUT2D eigenvalue weighted by Gasteiger charge is -2.01. The first kappa shape index (κ1) is 11.2. The van der Waals surface area contributed by atoms with Crippen molar-refractivity contribution in [2.75, 3.05) is 0 Å². The van der Waals surface area contributed by atoms with Crippen LogP contribution in [0.2, 0.25) is 0 Å². The van der Waals surface area contributed by atoms with Gasteiger partial charge in [-0.3, -0.25) is 0 Å². The highest BCUT2D eigenvalue weighted by atomic mass is 79.9. The first-order valence-corrected chi connectivity index (χ1v) is 6.18. The molecule has 0 unspecified atom stereocenters. The van der Waals surface area contributed by atoms with E-state index in [1.807, 2.05) is 36.4 Å². The molecule has 1 aromatic heterocycles. The van der Waals surface area contributed by atoms with E-state index in [0.29, 0.717) is 5.69 Å². The number of nitriles is 1. The van der Waals surface area contributed by atoms with Crippen LogP contribution < -0.4 is 0 Å². The lowest BCUT2D eigenvalue weighted by Crippen LogP contribution is -1.81. The maximum absolute atomic E-state index is 8.74. The van der Waals surface area contributed by atoms with E-state index in [9.17, 15) is 0 Å². The fourth-order valence-corrected chi connectivity index (χ4v) is 2.28. The fraction of sp³-hybridized carbons (Fsp3) is 0. The minimum absolute atomic E-state index is 0.446. The molecule has 2 rings (SSSR count). The minimum atomic E-state index is 0.446. The third-order valence-corrected chi connectivity index (χ3v) is 3.42. The number of hydrogen-bond acceptors (Lipinski definition) is 3. The molecule has 2 aromatic rings. The van der Waals surface area contributed by atoms with Crippen LogP contribution in [0, 0.1) is 11.3 Å². The molecule has 0 N–H and O–H groups in total. The Labute approximate surface area is 106 Å². The summed E-state index contributed by atoms with van der Waals surface area (Å²) in [7, 11) is 0. The van der Waals surface area contributed by atoms with Gasteiger partial charge in [-0.15, -0.1) is 0 Å². The molecule has 16 heavy (non-hydrogen) atoms. The first-order valence-electron chi connectivity index (χ1n) is 4.57. The van der Waals surface area contributed by atoms with Crippen LogP contribution in [-0.4, -0.2) is 4.98 Å². The van der Waals surface area contributed by atoms with Crippen molar-refractivity contribution in [2.45, 2.75) is 9.79 Å². The summed E-state index contributed by atoms with van der Waals surface area (Å²) in [6.07, 6.45) is 1.65. The van der Waals surface area contributed by atoms with Crippen LogP contribution in [-0.2, 0) is 0 Å². The van der Waals surface area contributed by atoms with Crippen LogP contribution in [0.4, 0.5) is 0 Å². The number of benzene rings is 1. The van der Waals surface area contributed by atoms with E-state index >= 15 is 0 Å². The molecule has 0 atom stereocenters. The zero-order valence-corrected chi connectivity index (χ0v) is 10.6. The van der Waals surface area contributed by atoms with Crippen LogP contribution in [0.3, 0.4) is 0 Å². The second-order valence-electron chi connectivity index (χ2n) is 3.04. The predicted octanol–water partition coefficient (Wildman–Crippen LogP) is 3.87. The van der Waals surface area contributed by atoms with E-state index in [1.165, 1.54) is 0 Å². The Kier molecular flexibility index (Phi) is 3.60. The van der Waals surface area contributed by atoms with Crippen LogP contribution in [0.15, 0.2) is 56.9 Å². The monoisotopic (exact) mass is 290 g/mol. The normalized spacial score (nSPS) is 9.75. The van der Waals surface area contributed by atoms with Crippen molar-refractivity contribution in [2.24, 2.45) is 0 Å². The first-order chi connectivity index (χ1) is 7.78. The van der Waals surface area contributed by atoms with Crippen molar-refractivity contribution in [1.82, 2.24) is 4.98 Å². The average molecular weight is 291 g/mol. The van der Waals surface area contributed by atoms with E-state index in [1.54, 1.807) is 24.0 Å². The lowest BCUT2D eigenvalue weighted by molar-refractivity contribution is 1.21. The number of pyridine rings is 1. The average Bonchev–Trinajstić information content (AvgIpc) is 2.32. The van der Waals surface area contributed by atoms with Gasteiger partial charge in [0.2, 0.25) is 0 Å². The van der Waals surface area contributed by atoms with Crippen LogP contribution in [0.25, 0.3) is 0 Å². The molecule has 0 aliphatic heterocycles. The smallest absolute Gasteiger partial charge is 0.141 e. The zero-order chi connectivity index (χ0) is 11.4. The molecule has 1 heterocycles. The van der Waals surface area contributed by atoms with Crippen molar-refractivity contribution in [1.29, 1.82) is 5.26 Å². The van der Waals surface area contributed by atoms with Gasteiger partial charge in [-0.2, -0.15) is 5.26 Å². The highest BCUT2D eigenvalue weighted by Crippen LogP contribution is 2.28. The Morgan fingerprint density at radius 2 is 1.88 bits per heavy atom. The molecule has 0 saturated heterocycles. The molecule has 1 aromatic carbocycles. The summed E-state index contributed by atoms with van der Waals surface area (Å²) in [5.74, 6) is 0. The molecular formula is C12H7BrN2S. The number of aromatic nitrogens is 1. The predicted molar refractivity (Wildman–Crippen MR) is 67.2 cm³/mol. The molecule has 0 radical (unpaired) electrons. The van der Waals surface area contributed by atoms with Crippen LogP contribution in [0.1, 0.15) is 5.69 Å². The van der Waals surface area contributed by atoms with Crippen molar-refractivity contribution in [3.63, 3.8) is 0 Å². The van der Waals surface area contributed by atoms with Gasteiger partial charge >= 0.3 is 0 Å². The number of rotatable bonds is 2. The number of nitrogens with zero attached hydrogens (tertiary/aromatic N) is 2. The highest BCUT2D eigenvalue weighted by Gasteiger charge is 1.99. The van der Waals surface area contributed by atoms with Gasteiger partial charge in [0.1, 0.15) is 11.8 Å². The molecule has 2 nitrogen and oxygen atoms in total. The van der Waals surface area contributed by atoms with E-state index < -0.39 is 0 Å². The molecule has 0 aliphatic carbocycles. The minimum Gasteiger partial charge on any atom is -0.245 e. The van der Waals surface area contributed by atoms with Crippen molar-refractivity contribution in [3.05, 3.63) is 52.8 Å². The standard InChI is InChI=1S/C12H7BrN2S/c13-9-1-3-11(4-2-9)16-12-5-6-15-10(7-12)8-14/h1-7H. The fourth-order valence-electron chi connectivity index (χ4n) is 1.17. The summed E-state index contributed by atoms with van der Waals surface area (Å²) in [6.45, 7) is 0. The molecule has 0 spiro atoms. The molecule has 0 bridgehead atoms. The summed E-state index contributed by atoms with van der Waals surface area (Å²) < 4.78 is 1.06. The zero-order valence-electron chi connectivity index (χ0n) is 8.22. The second-order valence-corrected chi connectivity index (χ2v) is 5.11. The van der Waals surface area contributed by atoms with Gasteiger partial charge in [-0.1, -0.05) is 27.7 Å². The molecule has 4 heteroatoms. The molecule has 0 amide bonds.